The van der Waals surface area contributed by atoms with Crippen molar-refractivity contribution in [2.24, 2.45) is 0 Å². The fraction of sp³-hybridized carbons (Fsp3) is 0.533. The highest BCUT2D eigenvalue weighted by Crippen LogP contribution is 2.37. The minimum absolute atomic E-state index is 0.113. The molecule has 0 aromatic heterocycles. The quantitative estimate of drug-likeness (QED) is 0.266. The molecule has 1 amide bonds. The molecule has 2 aromatic rings. The van der Waals surface area contributed by atoms with Crippen LogP contribution in [0.3, 0.4) is 0 Å². The van der Waals surface area contributed by atoms with E-state index < -0.39 is 25.6 Å². The number of hydrogen-bond donors (Lipinski definition) is 0. The molecular weight excluding hydrogens is 482 g/mol. The molecule has 6 nitrogen and oxygen atoms in total. The van der Waals surface area contributed by atoms with Crippen LogP contribution in [0.2, 0.25) is 5.04 Å². The van der Waals surface area contributed by atoms with E-state index in [9.17, 15) is 9.59 Å². The molecule has 1 aliphatic heterocycles. The summed E-state index contributed by atoms with van der Waals surface area (Å²) >= 11 is 0. The maximum Gasteiger partial charge on any atom is 0.411 e. The van der Waals surface area contributed by atoms with Gasteiger partial charge in [-0.25, -0.2) is 9.59 Å². The molecule has 1 unspecified atom stereocenters. The normalized spacial score (nSPS) is 18.5. The molecule has 202 valence electrons. The van der Waals surface area contributed by atoms with Crippen LogP contribution in [0.5, 0.6) is 0 Å². The molecule has 1 atom stereocenters. The van der Waals surface area contributed by atoms with Gasteiger partial charge in [0.1, 0.15) is 11.1 Å². The summed E-state index contributed by atoms with van der Waals surface area (Å²) in [7, 11) is -2.63. The van der Waals surface area contributed by atoms with Crippen molar-refractivity contribution in [3.63, 3.8) is 0 Å². The SMILES string of the molecule is CC(C)(C)OC(=O)N1CCCC1(C)C(=O)OCCCO[Si](c1ccccc1)(c1ccccc1)C(C)(C)C. The predicted octanol–water partition coefficient (Wildman–Crippen LogP) is 5.29. The van der Waals surface area contributed by atoms with Gasteiger partial charge in [0, 0.05) is 19.6 Å². The Labute approximate surface area is 223 Å². The number of carbonyl (C=O) groups excluding carboxylic acids is 2. The highest BCUT2D eigenvalue weighted by molar-refractivity contribution is 6.99. The number of esters is 1. The monoisotopic (exact) mass is 525 g/mol. The van der Waals surface area contributed by atoms with Gasteiger partial charge in [-0.2, -0.15) is 0 Å². The lowest BCUT2D eigenvalue weighted by Crippen LogP contribution is -2.66. The van der Waals surface area contributed by atoms with Crippen molar-refractivity contribution >= 4 is 30.8 Å². The minimum atomic E-state index is -2.63. The molecule has 0 bridgehead atoms. The van der Waals surface area contributed by atoms with Gasteiger partial charge in [0.15, 0.2) is 0 Å². The molecule has 2 aromatic carbocycles. The van der Waals surface area contributed by atoms with Crippen LogP contribution in [0.1, 0.15) is 67.7 Å². The number of amides is 1. The predicted molar refractivity (Wildman–Crippen MR) is 150 cm³/mol. The smallest absolute Gasteiger partial charge is 0.411 e. The van der Waals surface area contributed by atoms with Crippen LogP contribution in [-0.4, -0.2) is 56.2 Å². The third-order valence-corrected chi connectivity index (χ3v) is 12.0. The van der Waals surface area contributed by atoms with E-state index in [1.807, 2.05) is 32.9 Å². The molecule has 1 heterocycles. The Balaban J connectivity index is 1.68. The topological polar surface area (TPSA) is 65.1 Å². The van der Waals surface area contributed by atoms with Crippen LogP contribution in [0, 0.1) is 0 Å². The Hall–Kier alpha value is -2.64. The van der Waals surface area contributed by atoms with Crippen molar-refractivity contribution in [3.8, 4) is 0 Å². The zero-order valence-corrected chi connectivity index (χ0v) is 24.5. The second kappa shape index (κ2) is 11.4. The van der Waals surface area contributed by atoms with Gasteiger partial charge in [0.2, 0.25) is 0 Å². The highest BCUT2D eigenvalue weighted by Gasteiger charge is 2.50. The number of rotatable bonds is 8. The molecule has 0 radical (unpaired) electrons. The third kappa shape index (κ3) is 6.44. The second-order valence-corrected chi connectivity index (χ2v) is 16.3. The largest absolute Gasteiger partial charge is 0.464 e. The lowest BCUT2D eigenvalue weighted by molar-refractivity contribution is -0.155. The van der Waals surface area contributed by atoms with Crippen molar-refractivity contribution in [2.45, 2.75) is 83.9 Å². The van der Waals surface area contributed by atoms with Crippen molar-refractivity contribution in [1.29, 1.82) is 0 Å². The Morgan fingerprint density at radius 1 is 0.892 bits per heavy atom. The Morgan fingerprint density at radius 2 is 1.43 bits per heavy atom. The number of ether oxygens (including phenoxy) is 2. The van der Waals surface area contributed by atoms with E-state index in [0.717, 1.165) is 6.42 Å². The van der Waals surface area contributed by atoms with Crippen LogP contribution in [0.15, 0.2) is 60.7 Å². The van der Waals surface area contributed by atoms with Crippen molar-refractivity contribution in [2.75, 3.05) is 19.8 Å². The number of likely N-dealkylation sites (tertiary alicyclic amines) is 1. The van der Waals surface area contributed by atoms with Gasteiger partial charge in [-0.1, -0.05) is 81.4 Å². The zero-order chi connectivity index (χ0) is 27.3. The number of hydrogen-bond acceptors (Lipinski definition) is 5. The molecule has 0 N–H and O–H groups in total. The summed E-state index contributed by atoms with van der Waals surface area (Å²) in [5, 5.41) is 2.33. The van der Waals surface area contributed by atoms with Gasteiger partial charge in [-0.15, -0.1) is 0 Å². The molecule has 0 aliphatic carbocycles. The fourth-order valence-electron chi connectivity index (χ4n) is 5.15. The number of carbonyl (C=O) groups is 2. The summed E-state index contributed by atoms with van der Waals surface area (Å²) in [5.41, 5.74) is -1.63. The Kier molecular flexibility index (Phi) is 8.91. The standard InChI is InChI=1S/C30H43NO5Si/c1-28(2,3)36-27(33)31-21-14-20-30(31,7)26(32)34-22-15-23-35-37(29(4,5)6,24-16-10-8-11-17-24)25-18-12-9-13-19-25/h8-13,16-19H,14-15,20-23H2,1-7H3. The van der Waals surface area contributed by atoms with Crippen molar-refractivity contribution < 1.29 is 23.5 Å². The van der Waals surface area contributed by atoms with E-state index in [0.29, 0.717) is 26.0 Å². The summed E-state index contributed by atoms with van der Waals surface area (Å²) in [6.45, 7) is 15.1. The molecule has 1 saturated heterocycles. The van der Waals surface area contributed by atoms with Gasteiger partial charge in [0.25, 0.3) is 8.32 Å². The summed E-state index contributed by atoms with van der Waals surface area (Å²) < 4.78 is 18.1. The maximum absolute atomic E-state index is 13.1. The summed E-state index contributed by atoms with van der Waals surface area (Å²) in [4.78, 5) is 27.3. The third-order valence-electron chi connectivity index (χ3n) is 6.95. The van der Waals surface area contributed by atoms with E-state index in [2.05, 4.69) is 69.3 Å². The minimum Gasteiger partial charge on any atom is -0.464 e. The first-order valence-corrected chi connectivity index (χ1v) is 15.1. The molecule has 1 fully saturated rings. The Bertz CT molecular complexity index is 1010. The second-order valence-electron chi connectivity index (χ2n) is 12.0. The first-order valence-electron chi connectivity index (χ1n) is 13.2. The van der Waals surface area contributed by atoms with E-state index in [1.165, 1.54) is 15.3 Å². The Morgan fingerprint density at radius 3 is 1.92 bits per heavy atom. The lowest BCUT2D eigenvalue weighted by Gasteiger charge is -2.43. The molecule has 37 heavy (non-hydrogen) atoms. The van der Waals surface area contributed by atoms with Gasteiger partial charge in [-0.3, -0.25) is 4.90 Å². The van der Waals surface area contributed by atoms with Gasteiger partial charge >= 0.3 is 12.1 Å². The van der Waals surface area contributed by atoms with Crippen molar-refractivity contribution in [3.05, 3.63) is 60.7 Å². The number of nitrogens with zero attached hydrogens (tertiary/aromatic N) is 1. The summed E-state index contributed by atoms with van der Waals surface area (Å²) in [5.74, 6) is -0.388. The maximum atomic E-state index is 13.1. The zero-order valence-electron chi connectivity index (χ0n) is 23.5. The average molecular weight is 526 g/mol. The van der Waals surface area contributed by atoms with Gasteiger partial charge < -0.3 is 13.9 Å². The van der Waals surface area contributed by atoms with Gasteiger partial charge in [-0.05, 0) is 55.9 Å². The van der Waals surface area contributed by atoms with Crippen LogP contribution < -0.4 is 10.4 Å². The van der Waals surface area contributed by atoms with E-state index in [-0.39, 0.29) is 17.6 Å². The summed E-state index contributed by atoms with van der Waals surface area (Å²) in [6.07, 6.45) is 1.39. The first kappa shape index (κ1) is 28.9. The van der Waals surface area contributed by atoms with E-state index in [4.69, 9.17) is 13.9 Å². The van der Waals surface area contributed by atoms with Crippen LogP contribution in [0.4, 0.5) is 4.79 Å². The molecule has 1 aliphatic rings. The summed E-state index contributed by atoms with van der Waals surface area (Å²) in [6, 6.07) is 21.0. The van der Waals surface area contributed by atoms with E-state index >= 15 is 0 Å². The molecule has 3 rings (SSSR count). The van der Waals surface area contributed by atoms with Crippen LogP contribution >= 0.6 is 0 Å². The lowest BCUT2D eigenvalue weighted by atomic mass is 9.99. The number of benzene rings is 2. The van der Waals surface area contributed by atoms with Crippen molar-refractivity contribution in [1.82, 2.24) is 4.90 Å². The highest BCUT2D eigenvalue weighted by atomic mass is 28.4. The molecule has 0 saturated carbocycles. The fourth-order valence-corrected chi connectivity index (χ4v) is 9.76. The van der Waals surface area contributed by atoms with Crippen LogP contribution in [-0.2, 0) is 18.7 Å². The first-order chi connectivity index (χ1) is 17.3. The molecular formula is C30H43NO5Si. The van der Waals surface area contributed by atoms with Crippen LogP contribution in [0.25, 0.3) is 0 Å². The average Bonchev–Trinajstić information content (AvgIpc) is 3.23. The molecule has 7 heteroatoms. The van der Waals surface area contributed by atoms with E-state index in [1.54, 1.807) is 6.92 Å². The molecule has 0 spiro atoms. The van der Waals surface area contributed by atoms with Gasteiger partial charge in [0.05, 0.1) is 6.61 Å².